The molecule has 0 aliphatic carbocycles. The number of nitrogens with one attached hydrogen (secondary N) is 1. The highest BCUT2D eigenvalue weighted by atomic mass is 16.5. The topological polar surface area (TPSA) is 41.6 Å². The zero-order valence-corrected chi connectivity index (χ0v) is 22.0. The number of hydrogen-bond donors (Lipinski definition) is 1. The fourth-order valence-corrected chi connectivity index (χ4v) is 4.63. The molecule has 0 saturated carbocycles. The van der Waals surface area contributed by atoms with Crippen molar-refractivity contribution in [2.75, 3.05) is 5.32 Å². The summed E-state index contributed by atoms with van der Waals surface area (Å²) in [6.07, 6.45) is 0. The van der Waals surface area contributed by atoms with E-state index in [4.69, 9.17) is 4.74 Å². The van der Waals surface area contributed by atoms with Crippen LogP contribution in [0.3, 0.4) is 0 Å². The van der Waals surface area contributed by atoms with Crippen LogP contribution >= 0.6 is 0 Å². The molecular formula is C35H32N2O2. The van der Waals surface area contributed by atoms with Crippen LogP contribution in [0.15, 0.2) is 140 Å². The molecule has 5 aromatic carbocycles. The summed E-state index contributed by atoms with van der Waals surface area (Å²) >= 11 is 0. The molecule has 39 heavy (non-hydrogen) atoms. The Hall–Kier alpha value is -4.83. The van der Waals surface area contributed by atoms with Gasteiger partial charge in [-0.25, -0.2) is 4.79 Å². The molecule has 194 valence electrons. The molecule has 4 heteroatoms. The third-order valence-electron chi connectivity index (χ3n) is 6.71. The Morgan fingerprint density at radius 3 is 1.79 bits per heavy atom. The standard InChI is InChI=1S/C35H32N2O2/c1-27-13-11-12-20-33(27)36-35(38)37(34(30-16-7-3-8-17-30)31-18-9-4-10-19-31)25-28-21-23-32(24-22-28)39-26-29-14-5-2-6-15-29/h2-24,34H,25-26H2,1H3,(H,36,38). The lowest BCUT2D eigenvalue weighted by molar-refractivity contribution is 0.194. The zero-order chi connectivity index (χ0) is 26.9. The van der Waals surface area contributed by atoms with E-state index in [0.29, 0.717) is 13.2 Å². The quantitative estimate of drug-likeness (QED) is 0.215. The number of urea groups is 1. The molecule has 0 heterocycles. The van der Waals surface area contributed by atoms with Gasteiger partial charge >= 0.3 is 6.03 Å². The summed E-state index contributed by atoms with van der Waals surface area (Å²) in [7, 11) is 0. The van der Waals surface area contributed by atoms with Gasteiger partial charge < -0.3 is 15.0 Å². The highest BCUT2D eigenvalue weighted by Crippen LogP contribution is 2.31. The van der Waals surface area contributed by atoms with Crippen molar-refractivity contribution in [2.24, 2.45) is 0 Å². The Morgan fingerprint density at radius 1 is 0.667 bits per heavy atom. The molecule has 5 aromatic rings. The van der Waals surface area contributed by atoms with Crippen molar-refractivity contribution >= 4 is 11.7 Å². The van der Waals surface area contributed by atoms with Crippen LogP contribution in [0.4, 0.5) is 10.5 Å². The van der Waals surface area contributed by atoms with E-state index in [1.165, 1.54) is 0 Å². The zero-order valence-electron chi connectivity index (χ0n) is 22.0. The molecule has 0 bridgehead atoms. The van der Waals surface area contributed by atoms with Gasteiger partial charge in [0, 0.05) is 12.2 Å². The molecule has 0 radical (unpaired) electrons. The van der Waals surface area contributed by atoms with Gasteiger partial charge in [0.15, 0.2) is 0 Å². The largest absolute Gasteiger partial charge is 0.489 e. The number of ether oxygens (including phenoxy) is 1. The second kappa shape index (κ2) is 12.6. The van der Waals surface area contributed by atoms with Gasteiger partial charge in [0.05, 0.1) is 6.04 Å². The van der Waals surface area contributed by atoms with E-state index in [9.17, 15) is 4.79 Å². The third-order valence-corrected chi connectivity index (χ3v) is 6.71. The summed E-state index contributed by atoms with van der Waals surface area (Å²) in [4.78, 5) is 15.9. The SMILES string of the molecule is Cc1ccccc1NC(=O)N(Cc1ccc(OCc2ccccc2)cc1)C(c1ccccc1)c1ccccc1. The lowest BCUT2D eigenvalue weighted by Gasteiger charge is -2.33. The number of hydrogen-bond acceptors (Lipinski definition) is 2. The number of amides is 2. The Morgan fingerprint density at radius 2 is 1.21 bits per heavy atom. The number of carbonyl (C=O) groups is 1. The number of carbonyl (C=O) groups excluding carboxylic acids is 1. The highest BCUT2D eigenvalue weighted by molar-refractivity contribution is 5.90. The van der Waals surface area contributed by atoms with Crippen LogP contribution in [0.2, 0.25) is 0 Å². The van der Waals surface area contributed by atoms with Gasteiger partial charge in [-0.2, -0.15) is 0 Å². The Balaban J connectivity index is 1.44. The van der Waals surface area contributed by atoms with E-state index in [2.05, 4.69) is 29.6 Å². The Bertz CT molecular complexity index is 1430. The molecule has 0 aromatic heterocycles. The van der Waals surface area contributed by atoms with Crippen molar-refractivity contribution in [1.29, 1.82) is 0 Å². The lowest BCUT2D eigenvalue weighted by atomic mass is 9.96. The molecule has 4 nitrogen and oxygen atoms in total. The first-order chi connectivity index (χ1) is 19.2. The molecule has 0 aliphatic rings. The molecule has 0 spiro atoms. The summed E-state index contributed by atoms with van der Waals surface area (Å²) in [5.74, 6) is 0.793. The van der Waals surface area contributed by atoms with Crippen LogP contribution in [0.5, 0.6) is 5.75 Å². The fraction of sp³-hybridized carbons (Fsp3) is 0.114. The fourth-order valence-electron chi connectivity index (χ4n) is 4.63. The van der Waals surface area contributed by atoms with Crippen molar-refractivity contribution in [3.63, 3.8) is 0 Å². The minimum atomic E-state index is -0.273. The van der Waals surface area contributed by atoms with Gasteiger partial charge in [-0.15, -0.1) is 0 Å². The first kappa shape index (κ1) is 25.8. The molecular weight excluding hydrogens is 480 g/mol. The monoisotopic (exact) mass is 512 g/mol. The van der Waals surface area contributed by atoms with Gasteiger partial charge in [-0.05, 0) is 52.9 Å². The number of rotatable bonds is 9. The number of nitrogens with zero attached hydrogens (tertiary/aromatic N) is 1. The predicted octanol–water partition coefficient (Wildman–Crippen LogP) is 8.40. The number of benzene rings is 5. The summed E-state index contributed by atoms with van der Waals surface area (Å²) in [6, 6.07) is 45.9. The van der Waals surface area contributed by atoms with Gasteiger partial charge in [0.1, 0.15) is 12.4 Å². The molecule has 0 aliphatic heterocycles. The predicted molar refractivity (Wildman–Crippen MR) is 158 cm³/mol. The van der Waals surface area contributed by atoms with Crippen molar-refractivity contribution < 1.29 is 9.53 Å². The average Bonchev–Trinajstić information content (AvgIpc) is 2.99. The van der Waals surface area contributed by atoms with E-state index >= 15 is 0 Å². The normalized spacial score (nSPS) is 10.7. The molecule has 2 amide bonds. The second-order valence-electron chi connectivity index (χ2n) is 9.52. The van der Waals surface area contributed by atoms with Crippen LogP contribution in [0.25, 0.3) is 0 Å². The maximum atomic E-state index is 14.0. The molecule has 5 rings (SSSR count). The van der Waals surface area contributed by atoms with Crippen LogP contribution in [0, 0.1) is 6.92 Å². The van der Waals surface area contributed by atoms with Gasteiger partial charge in [0.2, 0.25) is 0 Å². The van der Waals surface area contributed by atoms with E-state index in [1.54, 1.807) is 0 Å². The molecule has 0 fully saturated rings. The minimum Gasteiger partial charge on any atom is -0.489 e. The molecule has 0 saturated heterocycles. The van der Waals surface area contributed by atoms with Crippen molar-refractivity contribution in [3.8, 4) is 5.75 Å². The first-order valence-electron chi connectivity index (χ1n) is 13.2. The van der Waals surface area contributed by atoms with E-state index in [0.717, 1.165) is 39.3 Å². The van der Waals surface area contributed by atoms with E-state index in [1.807, 2.05) is 127 Å². The molecule has 1 N–H and O–H groups in total. The van der Waals surface area contributed by atoms with E-state index < -0.39 is 0 Å². The van der Waals surface area contributed by atoms with Crippen LogP contribution < -0.4 is 10.1 Å². The van der Waals surface area contributed by atoms with Crippen LogP contribution in [-0.4, -0.2) is 10.9 Å². The van der Waals surface area contributed by atoms with Crippen LogP contribution in [0.1, 0.15) is 33.9 Å². The smallest absolute Gasteiger partial charge is 0.322 e. The van der Waals surface area contributed by atoms with Gasteiger partial charge in [-0.3, -0.25) is 0 Å². The van der Waals surface area contributed by atoms with Gasteiger partial charge in [0.25, 0.3) is 0 Å². The minimum absolute atomic E-state index is 0.161. The maximum absolute atomic E-state index is 14.0. The highest BCUT2D eigenvalue weighted by Gasteiger charge is 2.27. The summed E-state index contributed by atoms with van der Waals surface area (Å²) in [5, 5.41) is 3.16. The average molecular weight is 513 g/mol. The number of anilines is 1. The first-order valence-corrected chi connectivity index (χ1v) is 13.2. The Kier molecular flexibility index (Phi) is 8.35. The third kappa shape index (κ3) is 6.74. The van der Waals surface area contributed by atoms with Crippen molar-refractivity contribution in [3.05, 3.63) is 167 Å². The summed E-state index contributed by atoms with van der Waals surface area (Å²) in [6.45, 7) is 2.93. The summed E-state index contributed by atoms with van der Waals surface area (Å²) in [5.41, 5.74) is 6.05. The molecule has 0 atom stereocenters. The number of aryl methyl sites for hydroxylation is 1. The summed E-state index contributed by atoms with van der Waals surface area (Å²) < 4.78 is 5.98. The van der Waals surface area contributed by atoms with Gasteiger partial charge in [-0.1, -0.05) is 121 Å². The van der Waals surface area contributed by atoms with Crippen LogP contribution in [-0.2, 0) is 13.2 Å². The number of para-hydroxylation sites is 1. The second-order valence-corrected chi connectivity index (χ2v) is 9.52. The van der Waals surface area contributed by atoms with Crippen molar-refractivity contribution in [2.45, 2.75) is 26.1 Å². The lowest BCUT2D eigenvalue weighted by Crippen LogP contribution is -2.38. The van der Waals surface area contributed by atoms with E-state index in [-0.39, 0.29) is 12.1 Å². The van der Waals surface area contributed by atoms with Crippen molar-refractivity contribution in [1.82, 2.24) is 4.90 Å². The molecule has 0 unspecified atom stereocenters. The maximum Gasteiger partial charge on any atom is 0.322 e. The Labute approximate surface area is 230 Å².